The van der Waals surface area contributed by atoms with Crippen molar-refractivity contribution in [2.75, 3.05) is 0 Å². The van der Waals surface area contributed by atoms with E-state index in [4.69, 9.17) is 22.3 Å². The van der Waals surface area contributed by atoms with Crippen LogP contribution in [0, 0.1) is 0 Å². The standard InChI is InChI=1S/C4H11N3O2/c1-4(7,2(5)6)3(8)9/h2H,5-7H2,1H3,(H,8,9). The molecule has 0 saturated carbocycles. The largest absolute Gasteiger partial charge is 0.480 e. The predicted octanol–water partition coefficient (Wildman–Crippen LogP) is -1.97. The summed E-state index contributed by atoms with van der Waals surface area (Å²) in [6.07, 6.45) is -1.03. The van der Waals surface area contributed by atoms with Crippen LogP contribution in [0.5, 0.6) is 0 Å². The first-order valence-corrected chi connectivity index (χ1v) is 2.42. The number of hydrogen-bond acceptors (Lipinski definition) is 4. The highest BCUT2D eigenvalue weighted by Gasteiger charge is 2.32. The van der Waals surface area contributed by atoms with Crippen LogP contribution in [0.4, 0.5) is 0 Å². The molecular formula is C4H11N3O2. The zero-order valence-electron chi connectivity index (χ0n) is 5.16. The maximum atomic E-state index is 10.2. The van der Waals surface area contributed by atoms with E-state index in [9.17, 15) is 4.79 Å². The van der Waals surface area contributed by atoms with Crippen molar-refractivity contribution in [2.24, 2.45) is 17.2 Å². The van der Waals surface area contributed by atoms with Gasteiger partial charge in [0.25, 0.3) is 0 Å². The molecule has 0 fully saturated rings. The lowest BCUT2D eigenvalue weighted by Gasteiger charge is -2.22. The van der Waals surface area contributed by atoms with Gasteiger partial charge in [-0.05, 0) is 6.92 Å². The highest BCUT2D eigenvalue weighted by molar-refractivity contribution is 5.78. The smallest absolute Gasteiger partial charge is 0.326 e. The number of carbonyl (C=O) groups is 1. The molecule has 1 atom stereocenters. The van der Waals surface area contributed by atoms with Crippen LogP contribution in [-0.4, -0.2) is 22.8 Å². The van der Waals surface area contributed by atoms with Crippen LogP contribution in [-0.2, 0) is 4.79 Å². The number of aliphatic carboxylic acids is 1. The van der Waals surface area contributed by atoms with E-state index >= 15 is 0 Å². The minimum atomic E-state index is -1.53. The molecule has 5 nitrogen and oxygen atoms in total. The molecule has 7 N–H and O–H groups in total. The number of hydrogen-bond donors (Lipinski definition) is 4. The second-order valence-electron chi connectivity index (χ2n) is 2.11. The molecule has 0 aromatic carbocycles. The first-order valence-electron chi connectivity index (χ1n) is 2.42. The van der Waals surface area contributed by atoms with Crippen LogP contribution in [0.25, 0.3) is 0 Å². The Kier molecular flexibility index (Phi) is 2.13. The normalized spacial score (nSPS) is 17.4. The minimum Gasteiger partial charge on any atom is -0.480 e. The van der Waals surface area contributed by atoms with Crippen LogP contribution in [0.1, 0.15) is 6.92 Å². The topological polar surface area (TPSA) is 115 Å². The van der Waals surface area contributed by atoms with E-state index in [-0.39, 0.29) is 0 Å². The lowest BCUT2D eigenvalue weighted by molar-refractivity contribution is -0.143. The van der Waals surface area contributed by atoms with Crippen molar-refractivity contribution < 1.29 is 9.90 Å². The molecule has 0 heterocycles. The van der Waals surface area contributed by atoms with Crippen molar-refractivity contribution in [3.63, 3.8) is 0 Å². The van der Waals surface area contributed by atoms with Gasteiger partial charge in [0, 0.05) is 0 Å². The Hall–Kier alpha value is -0.650. The maximum Gasteiger partial charge on any atom is 0.326 e. The van der Waals surface area contributed by atoms with Gasteiger partial charge < -0.3 is 22.3 Å². The number of carboxylic acid groups (broad SMARTS) is 1. The summed E-state index contributed by atoms with van der Waals surface area (Å²) in [7, 11) is 0. The zero-order valence-corrected chi connectivity index (χ0v) is 5.16. The highest BCUT2D eigenvalue weighted by Crippen LogP contribution is 1.98. The average molecular weight is 133 g/mol. The molecule has 0 bridgehead atoms. The third-order valence-electron chi connectivity index (χ3n) is 1.15. The molecule has 0 spiro atoms. The van der Waals surface area contributed by atoms with Crippen molar-refractivity contribution in [2.45, 2.75) is 18.6 Å². The molecule has 0 aromatic heterocycles. The summed E-state index contributed by atoms with van der Waals surface area (Å²) in [5.41, 5.74) is 13.7. The first-order chi connectivity index (χ1) is 3.89. The molecule has 1 unspecified atom stereocenters. The molecule has 0 radical (unpaired) electrons. The molecule has 0 amide bonds. The van der Waals surface area contributed by atoms with Gasteiger partial charge in [0.05, 0.1) is 6.17 Å². The van der Waals surface area contributed by atoms with E-state index in [0.29, 0.717) is 0 Å². The van der Waals surface area contributed by atoms with E-state index < -0.39 is 17.7 Å². The lowest BCUT2D eigenvalue weighted by Crippen LogP contribution is -2.62. The second kappa shape index (κ2) is 2.30. The van der Waals surface area contributed by atoms with E-state index in [1.165, 1.54) is 6.92 Å². The average Bonchev–Trinajstić information content (AvgIpc) is 1.65. The Morgan fingerprint density at radius 1 is 1.67 bits per heavy atom. The van der Waals surface area contributed by atoms with Crippen molar-refractivity contribution in [1.82, 2.24) is 0 Å². The van der Waals surface area contributed by atoms with Crippen molar-refractivity contribution in [1.29, 1.82) is 0 Å². The van der Waals surface area contributed by atoms with Gasteiger partial charge in [0.15, 0.2) is 0 Å². The quantitative estimate of drug-likeness (QED) is 0.326. The van der Waals surface area contributed by atoms with Crippen molar-refractivity contribution >= 4 is 5.97 Å². The second-order valence-corrected chi connectivity index (χ2v) is 2.11. The van der Waals surface area contributed by atoms with Gasteiger partial charge in [-0.25, -0.2) is 0 Å². The van der Waals surface area contributed by atoms with Crippen LogP contribution in [0.3, 0.4) is 0 Å². The third kappa shape index (κ3) is 1.63. The molecule has 54 valence electrons. The van der Waals surface area contributed by atoms with Gasteiger partial charge in [0.2, 0.25) is 0 Å². The number of nitrogens with two attached hydrogens (primary N) is 3. The molecule has 0 aliphatic rings. The summed E-state index contributed by atoms with van der Waals surface area (Å²) in [5.74, 6) is -1.20. The summed E-state index contributed by atoms with van der Waals surface area (Å²) >= 11 is 0. The fraction of sp³-hybridized carbons (Fsp3) is 0.750. The van der Waals surface area contributed by atoms with Crippen LogP contribution >= 0.6 is 0 Å². The zero-order chi connectivity index (χ0) is 7.65. The van der Waals surface area contributed by atoms with E-state index in [2.05, 4.69) is 0 Å². The lowest BCUT2D eigenvalue weighted by atomic mass is 10.0. The maximum absolute atomic E-state index is 10.2. The summed E-state index contributed by atoms with van der Waals surface area (Å²) in [6.45, 7) is 1.26. The van der Waals surface area contributed by atoms with Crippen LogP contribution < -0.4 is 17.2 Å². The van der Waals surface area contributed by atoms with Crippen LogP contribution in [0.2, 0.25) is 0 Å². The Morgan fingerprint density at radius 2 is 2.00 bits per heavy atom. The Morgan fingerprint density at radius 3 is 2.00 bits per heavy atom. The van der Waals surface area contributed by atoms with E-state index in [0.717, 1.165) is 0 Å². The first kappa shape index (κ1) is 8.35. The fourth-order valence-corrected chi connectivity index (χ4v) is 0.143. The molecule has 0 rings (SSSR count). The fourth-order valence-electron chi connectivity index (χ4n) is 0.143. The summed E-state index contributed by atoms with van der Waals surface area (Å²) in [5, 5.41) is 8.33. The third-order valence-corrected chi connectivity index (χ3v) is 1.15. The molecule has 0 saturated heterocycles. The van der Waals surface area contributed by atoms with Gasteiger partial charge in [0.1, 0.15) is 5.54 Å². The van der Waals surface area contributed by atoms with Gasteiger partial charge in [-0.15, -0.1) is 0 Å². The molecule has 0 aromatic rings. The van der Waals surface area contributed by atoms with E-state index in [1.807, 2.05) is 0 Å². The highest BCUT2D eigenvalue weighted by atomic mass is 16.4. The van der Waals surface area contributed by atoms with Gasteiger partial charge >= 0.3 is 5.97 Å². The van der Waals surface area contributed by atoms with Crippen LogP contribution in [0.15, 0.2) is 0 Å². The molecule has 0 aliphatic carbocycles. The number of rotatable bonds is 2. The van der Waals surface area contributed by atoms with Gasteiger partial charge in [-0.2, -0.15) is 0 Å². The summed E-state index contributed by atoms with van der Waals surface area (Å²) in [6, 6.07) is 0. The Bertz CT molecular complexity index is 121. The molecule has 5 heteroatoms. The van der Waals surface area contributed by atoms with Gasteiger partial charge in [-0.3, -0.25) is 4.79 Å². The molecule has 0 aliphatic heterocycles. The van der Waals surface area contributed by atoms with Crippen molar-refractivity contribution in [3.8, 4) is 0 Å². The molecule has 9 heavy (non-hydrogen) atoms. The summed E-state index contributed by atoms with van der Waals surface area (Å²) < 4.78 is 0. The minimum absolute atomic E-state index is 1.03. The van der Waals surface area contributed by atoms with Crippen molar-refractivity contribution in [3.05, 3.63) is 0 Å². The number of carboxylic acids is 1. The monoisotopic (exact) mass is 133 g/mol. The summed E-state index contributed by atoms with van der Waals surface area (Å²) in [4.78, 5) is 10.2. The molecular weight excluding hydrogens is 122 g/mol. The SMILES string of the molecule is CC(N)(C(=O)O)C(N)N. The predicted molar refractivity (Wildman–Crippen MR) is 32.4 cm³/mol. The van der Waals surface area contributed by atoms with E-state index in [1.54, 1.807) is 0 Å². The Labute approximate surface area is 52.8 Å². The van der Waals surface area contributed by atoms with Gasteiger partial charge in [-0.1, -0.05) is 0 Å². The Balaban J connectivity index is 4.19.